The lowest BCUT2D eigenvalue weighted by Gasteiger charge is -2.34. The highest BCUT2D eigenvalue weighted by Crippen LogP contribution is 2.24. The van der Waals surface area contributed by atoms with Crippen molar-refractivity contribution in [1.29, 1.82) is 0 Å². The fourth-order valence-corrected chi connectivity index (χ4v) is 3.64. The van der Waals surface area contributed by atoms with E-state index in [-0.39, 0.29) is 0 Å². The number of hydrogen-bond donors (Lipinski definition) is 1. The molecule has 0 radical (unpaired) electrons. The van der Waals surface area contributed by atoms with E-state index in [9.17, 15) is 0 Å². The van der Waals surface area contributed by atoms with Crippen LogP contribution in [0.4, 0.5) is 0 Å². The molecule has 2 rings (SSSR count). The summed E-state index contributed by atoms with van der Waals surface area (Å²) in [5.74, 6) is 0. The van der Waals surface area contributed by atoms with Gasteiger partial charge in [0.1, 0.15) is 0 Å². The van der Waals surface area contributed by atoms with Crippen LogP contribution in [0.3, 0.4) is 0 Å². The Morgan fingerprint density at radius 2 is 2.06 bits per heavy atom. The molecular formula is C11H21N5S. The van der Waals surface area contributed by atoms with Crippen molar-refractivity contribution in [2.24, 2.45) is 5.73 Å². The van der Waals surface area contributed by atoms with Gasteiger partial charge in [-0.15, -0.1) is 5.10 Å². The van der Waals surface area contributed by atoms with Crippen molar-refractivity contribution in [3.63, 3.8) is 0 Å². The molecule has 0 aliphatic carbocycles. The van der Waals surface area contributed by atoms with Crippen LogP contribution in [0.1, 0.15) is 19.5 Å². The van der Waals surface area contributed by atoms with Gasteiger partial charge in [0.2, 0.25) is 0 Å². The molecule has 2 heterocycles. The molecule has 1 fully saturated rings. The Balaban J connectivity index is 1.81. The second-order valence-electron chi connectivity index (χ2n) is 4.69. The molecule has 2 unspecified atom stereocenters. The summed E-state index contributed by atoms with van der Waals surface area (Å²) < 4.78 is 1.89. The van der Waals surface area contributed by atoms with Gasteiger partial charge in [-0.25, -0.2) is 0 Å². The molecule has 2 N–H and O–H groups in total. The molecule has 96 valence electrons. The Kier molecular flexibility index (Phi) is 4.42. The van der Waals surface area contributed by atoms with Crippen molar-refractivity contribution in [2.75, 3.05) is 19.6 Å². The number of thioether (sulfide) groups is 1. The highest BCUT2D eigenvalue weighted by atomic mass is 32.2. The van der Waals surface area contributed by atoms with Gasteiger partial charge in [-0.2, -0.15) is 11.8 Å². The number of aromatic nitrogens is 3. The van der Waals surface area contributed by atoms with Crippen molar-refractivity contribution in [1.82, 2.24) is 19.9 Å². The van der Waals surface area contributed by atoms with Gasteiger partial charge < -0.3 is 5.73 Å². The highest BCUT2D eigenvalue weighted by Gasteiger charge is 2.21. The molecule has 1 saturated heterocycles. The van der Waals surface area contributed by atoms with Crippen LogP contribution in [0.5, 0.6) is 0 Å². The Labute approximate surface area is 107 Å². The van der Waals surface area contributed by atoms with Crippen LogP contribution < -0.4 is 5.73 Å². The molecule has 2 atom stereocenters. The van der Waals surface area contributed by atoms with Gasteiger partial charge in [0.25, 0.3) is 0 Å². The highest BCUT2D eigenvalue weighted by molar-refractivity contribution is 8.00. The normalized spacial score (nSPS) is 26.3. The third-order valence-corrected chi connectivity index (χ3v) is 4.16. The van der Waals surface area contributed by atoms with E-state index >= 15 is 0 Å². The van der Waals surface area contributed by atoms with Crippen molar-refractivity contribution < 1.29 is 0 Å². The number of nitrogens with two attached hydrogens (primary N) is 1. The minimum Gasteiger partial charge on any atom is -0.325 e. The van der Waals surface area contributed by atoms with Gasteiger partial charge in [-0.1, -0.05) is 19.1 Å². The zero-order valence-electron chi connectivity index (χ0n) is 10.5. The lowest BCUT2D eigenvalue weighted by molar-refractivity contribution is 0.255. The van der Waals surface area contributed by atoms with E-state index < -0.39 is 0 Å². The van der Waals surface area contributed by atoms with Crippen LogP contribution in [0.2, 0.25) is 0 Å². The fraction of sp³-hybridized carbons (Fsp3) is 0.818. The van der Waals surface area contributed by atoms with Gasteiger partial charge in [0.15, 0.2) is 0 Å². The maximum atomic E-state index is 5.51. The number of hydrogen-bond acceptors (Lipinski definition) is 5. The zero-order chi connectivity index (χ0) is 12.3. The van der Waals surface area contributed by atoms with E-state index in [0.29, 0.717) is 6.54 Å². The molecule has 0 aromatic carbocycles. The topological polar surface area (TPSA) is 60.0 Å². The third kappa shape index (κ3) is 3.69. The number of rotatable bonds is 4. The first kappa shape index (κ1) is 12.9. The average Bonchev–Trinajstić information content (AvgIpc) is 2.73. The molecule has 1 aliphatic rings. The molecule has 0 saturated carbocycles. The first-order chi connectivity index (χ1) is 8.17. The molecule has 0 bridgehead atoms. The van der Waals surface area contributed by atoms with E-state index in [1.54, 1.807) is 0 Å². The van der Waals surface area contributed by atoms with Gasteiger partial charge in [0, 0.05) is 42.9 Å². The van der Waals surface area contributed by atoms with Gasteiger partial charge in [-0.05, 0) is 0 Å². The summed E-state index contributed by atoms with van der Waals surface area (Å²) in [5, 5.41) is 9.52. The van der Waals surface area contributed by atoms with Crippen molar-refractivity contribution in [3.8, 4) is 0 Å². The van der Waals surface area contributed by atoms with E-state index in [4.69, 9.17) is 5.73 Å². The van der Waals surface area contributed by atoms with Gasteiger partial charge in [0.05, 0.1) is 12.2 Å². The maximum absolute atomic E-state index is 5.51. The molecule has 6 heteroatoms. The minimum atomic E-state index is 0.467. The van der Waals surface area contributed by atoms with Crippen LogP contribution in [-0.4, -0.2) is 50.0 Å². The largest absolute Gasteiger partial charge is 0.325 e. The monoisotopic (exact) mass is 255 g/mol. The Hall–Kier alpha value is -0.590. The predicted octanol–water partition coefficient (Wildman–Crippen LogP) is 0.563. The van der Waals surface area contributed by atoms with Crippen molar-refractivity contribution in [3.05, 3.63) is 11.9 Å². The third-order valence-electron chi connectivity index (χ3n) is 2.94. The molecule has 0 spiro atoms. The van der Waals surface area contributed by atoms with Crippen molar-refractivity contribution >= 4 is 11.8 Å². The summed E-state index contributed by atoms with van der Waals surface area (Å²) in [4.78, 5) is 2.51. The molecular weight excluding hydrogens is 234 g/mol. The van der Waals surface area contributed by atoms with Crippen LogP contribution in [-0.2, 0) is 13.1 Å². The second-order valence-corrected chi connectivity index (χ2v) is 6.58. The molecule has 1 aromatic heterocycles. The lowest BCUT2D eigenvalue weighted by atomic mass is 10.3. The number of nitrogens with zero attached hydrogens (tertiary/aromatic N) is 4. The minimum absolute atomic E-state index is 0.467. The summed E-state index contributed by atoms with van der Waals surface area (Å²) >= 11 is 2.08. The Morgan fingerprint density at radius 1 is 1.35 bits per heavy atom. The summed E-state index contributed by atoms with van der Waals surface area (Å²) in [7, 11) is 0. The van der Waals surface area contributed by atoms with Crippen LogP contribution in [0.15, 0.2) is 6.20 Å². The zero-order valence-corrected chi connectivity index (χ0v) is 11.4. The quantitative estimate of drug-likeness (QED) is 0.852. The van der Waals surface area contributed by atoms with E-state index in [1.807, 2.05) is 10.9 Å². The molecule has 1 aliphatic heterocycles. The molecule has 0 amide bonds. The van der Waals surface area contributed by atoms with Gasteiger partial charge >= 0.3 is 0 Å². The van der Waals surface area contributed by atoms with E-state index in [0.717, 1.165) is 29.3 Å². The van der Waals surface area contributed by atoms with Crippen LogP contribution >= 0.6 is 11.8 Å². The lowest BCUT2D eigenvalue weighted by Crippen LogP contribution is -2.41. The Bertz CT molecular complexity index is 343. The fourth-order valence-electron chi connectivity index (χ4n) is 2.25. The van der Waals surface area contributed by atoms with E-state index in [2.05, 4.69) is 40.8 Å². The Morgan fingerprint density at radius 3 is 2.65 bits per heavy atom. The standard InChI is InChI=1S/C11H21N5S/c1-9-6-15(7-10(2)17-9)3-4-16-8-11(5-12)13-14-16/h8-10H,3-7,12H2,1-2H3. The SMILES string of the molecule is CC1CN(CCn2cc(CN)nn2)CC(C)S1. The molecule has 17 heavy (non-hydrogen) atoms. The molecule has 5 nitrogen and oxygen atoms in total. The summed E-state index contributed by atoms with van der Waals surface area (Å²) in [5.41, 5.74) is 6.37. The average molecular weight is 255 g/mol. The van der Waals surface area contributed by atoms with E-state index in [1.165, 1.54) is 13.1 Å². The summed E-state index contributed by atoms with van der Waals surface area (Å²) in [6.45, 7) is 9.36. The summed E-state index contributed by atoms with van der Waals surface area (Å²) in [6.07, 6.45) is 1.94. The van der Waals surface area contributed by atoms with Gasteiger partial charge in [-0.3, -0.25) is 9.58 Å². The first-order valence-electron chi connectivity index (χ1n) is 6.14. The first-order valence-corrected chi connectivity index (χ1v) is 7.08. The van der Waals surface area contributed by atoms with Crippen LogP contribution in [0, 0.1) is 0 Å². The smallest absolute Gasteiger partial charge is 0.0962 e. The molecule has 1 aromatic rings. The summed E-state index contributed by atoms with van der Waals surface area (Å²) in [6, 6.07) is 0. The maximum Gasteiger partial charge on any atom is 0.0962 e. The van der Waals surface area contributed by atoms with Crippen LogP contribution in [0.25, 0.3) is 0 Å². The second kappa shape index (κ2) is 5.84. The van der Waals surface area contributed by atoms with Crippen molar-refractivity contribution in [2.45, 2.75) is 37.4 Å². The predicted molar refractivity (Wildman–Crippen MR) is 70.9 cm³/mol.